The Morgan fingerprint density at radius 2 is 2.17 bits per heavy atom. The van der Waals surface area contributed by atoms with E-state index in [1.54, 1.807) is 0 Å². The Kier molecular flexibility index (Phi) is 5.46. The molecule has 1 saturated heterocycles. The minimum atomic E-state index is -0.335. The Hall–Kier alpha value is -0.120. The van der Waals surface area contributed by atoms with Crippen LogP contribution in [0.15, 0.2) is 0 Å². The minimum Gasteiger partial charge on any atom is -0.390 e. The van der Waals surface area contributed by atoms with Gasteiger partial charge in [-0.05, 0) is 25.7 Å². The molecule has 0 aromatic heterocycles. The van der Waals surface area contributed by atoms with Crippen LogP contribution in [0.3, 0.4) is 0 Å². The molecule has 106 valence electrons. The summed E-state index contributed by atoms with van der Waals surface area (Å²) in [6.07, 6.45) is 8.09. The van der Waals surface area contributed by atoms with Crippen molar-refractivity contribution in [1.29, 1.82) is 0 Å². The van der Waals surface area contributed by atoms with Gasteiger partial charge in [-0.15, -0.1) is 0 Å². The number of hydrogen-bond acceptors (Lipinski definition) is 3. The quantitative estimate of drug-likeness (QED) is 0.740. The second-order valence-electron chi connectivity index (χ2n) is 6.06. The van der Waals surface area contributed by atoms with Gasteiger partial charge >= 0.3 is 0 Å². The van der Waals surface area contributed by atoms with Crippen molar-refractivity contribution in [1.82, 2.24) is 4.90 Å². The zero-order valence-corrected chi connectivity index (χ0v) is 11.9. The molecule has 2 unspecified atom stereocenters. The smallest absolute Gasteiger partial charge is 0.0700 e. The molecule has 2 aliphatic rings. The largest absolute Gasteiger partial charge is 0.390 e. The molecule has 2 atom stereocenters. The maximum Gasteiger partial charge on any atom is 0.0700 e. The van der Waals surface area contributed by atoms with Gasteiger partial charge in [0.1, 0.15) is 0 Å². The number of aliphatic hydroxyl groups is 1. The van der Waals surface area contributed by atoms with E-state index >= 15 is 0 Å². The minimum absolute atomic E-state index is 0.335. The Labute approximate surface area is 112 Å². The Balaban J connectivity index is 1.67. The van der Waals surface area contributed by atoms with E-state index in [1.165, 1.54) is 32.1 Å². The van der Waals surface area contributed by atoms with Crippen molar-refractivity contribution in [2.24, 2.45) is 5.92 Å². The highest BCUT2D eigenvalue weighted by molar-refractivity contribution is 4.95. The third kappa shape index (κ3) is 3.69. The SMILES string of the molecule is CCCCOCCN1CCC2(O)CCCCC2C1. The average molecular weight is 255 g/mol. The fourth-order valence-corrected chi connectivity index (χ4v) is 3.38. The van der Waals surface area contributed by atoms with Gasteiger partial charge in [0.05, 0.1) is 12.2 Å². The van der Waals surface area contributed by atoms with Crippen molar-refractivity contribution in [2.45, 2.75) is 57.5 Å². The summed E-state index contributed by atoms with van der Waals surface area (Å²) >= 11 is 0. The zero-order valence-electron chi connectivity index (χ0n) is 11.9. The van der Waals surface area contributed by atoms with Crippen molar-refractivity contribution < 1.29 is 9.84 Å². The van der Waals surface area contributed by atoms with Crippen molar-refractivity contribution >= 4 is 0 Å². The van der Waals surface area contributed by atoms with E-state index in [1.807, 2.05) is 0 Å². The number of likely N-dealkylation sites (tertiary alicyclic amines) is 1. The molecule has 0 aromatic carbocycles. The second kappa shape index (κ2) is 6.88. The van der Waals surface area contributed by atoms with Crippen LogP contribution in [0.5, 0.6) is 0 Å². The Morgan fingerprint density at radius 1 is 1.28 bits per heavy atom. The molecule has 0 spiro atoms. The normalized spacial score (nSPS) is 33.3. The summed E-state index contributed by atoms with van der Waals surface area (Å²) in [7, 11) is 0. The molecule has 2 fully saturated rings. The van der Waals surface area contributed by atoms with Gasteiger partial charge in [0.2, 0.25) is 0 Å². The monoisotopic (exact) mass is 255 g/mol. The summed E-state index contributed by atoms with van der Waals surface area (Å²) in [6, 6.07) is 0. The predicted molar refractivity (Wildman–Crippen MR) is 73.7 cm³/mol. The van der Waals surface area contributed by atoms with E-state index < -0.39 is 0 Å². The lowest BCUT2D eigenvalue weighted by atomic mass is 9.71. The van der Waals surface area contributed by atoms with Gasteiger partial charge in [-0.3, -0.25) is 0 Å². The van der Waals surface area contributed by atoms with Crippen molar-refractivity contribution in [3.05, 3.63) is 0 Å². The lowest BCUT2D eigenvalue weighted by Gasteiger charge is -2.47. The molecule has 18 heavy (non-hydrogen) atoms. The first-order chi connectivity index (χ1) is 8.74. The number of fused-ring (bicyclic) bond motifs is 1. The summed E-state index contributed by atoms with van der Waals surface area (Å²) in [6.45, 7) is 7.11. The van der Waals surface area contributed by atoms with Gasteiger partial charge in [0.25, 0.3) is 0 Å². The van der Waals surface area contributed by atoms with Gasteiger partial charge in [-0.25, -0.2) is 0 Å². The van der Waals surface area contributed by atoms with Crippen molar-refractivity contribution in [3.8, 4) is 0 Å². The van der Waals surface area contributed by atoms with E-state index in [0.29, 0.717) is 5.92 Å². The summed E-state index contributed by atoms with van der Waals surface area (Å²) in [4.78, 5) is 2.48. The summed E-state index contributed by atoms with van der Waals surface area (Å²) in [5.41, 5.74) is -0.335. The molecular formula is C15H29NO2. The molecule has 1 saturated carbocycles. The Bertz CT molecular complexity index is 247. The van der Waals surface area contributed by atoms with Crippen LogP contribution < -0.4 is 0 Å². The maximum absolute atomic E-state index is 10.6. The van der Waals surface area contributed by atoms with Crippen molar-refractivity contribution in [2.75, 3.05) is 32.8 Å². The van der Waals surface area contributed by atoms with Crippen LogP contribution in [0.4, 0.5) is 0 Å². The summed E-state index contributed by atoms with van der Waals surface area (Å²) in [5, 5.41) is 10.6. The van der Waals surface area contributed by atoms with Gasteiger partial charge in [-0.1, -0.05) is 26.2 Å². The number of unbranched alkanes of at least 4 members (excludes halogenated alkanes) is 1. The van der Waals surface area contributed by atoms with E-state index in [-0.39, 0.29) is 5.60 Å². The molecule has 0 bridgehead atoms. The fourth-order valence-electron chi connectivity index (χ4n) is 3.38. The van der Waals surface area contributed by atoms with Gasteiger partial charge in [0, 0.05) is 32.2 Å². The van der Waals surface area contributed by atoms with Crippen LogP contribution >= 0.6 is 0 Å². The molecular weight excluding hydrogens is 226 g/mol. The molecule has 3 nitrogen and oxygen atoms in total. The van der Waals surface area contributed by atoms with Crippen LogP contribution in [0.1, 0.15) is 51.9 Å². The van der Waals surface area contributed by atoms with Crippen molar-refractivity contribution in [3.63, 3.8) is 0 Å². The third-order valence-corrected chi connectivity index (χ3v) is 4.71. The number of ether oxygens (including phenoxy) is 1. The first kappa shape index (κ1) is 14.3. The van der Waals surface area contributed by atoms with Gasteiger partial charge in [-0.2, -0.15) is 0 Å². The van der Waals surface area contributed by atoms with Crippen LogP contribution in [0.25, 0.3) is 0 Å². The maximum atomic E-state index is 10.6. The molecule has 3 heteroatoms. The number of piperidine rings is 1. The second-order valence-corrected chi connectivity index (χ2v) is 6.06. The molecule has 0 aromatic rings. The highest BCUT2D eigenvalue weighted by Gasteiger charge is 2.42. The number of rotatable bonds is 6. The molecule has 1 heterocycles. The molecule has 1 aliphatic carbocycles. The Morgan fingerprint density at radius 3 is 3.00 bits per heavy atom. The van der Waals surface area contributed by atoms with Crippen LogP contribution in [0.2, 0.25) is 0 Å². The van der Waals surface area contributed by atoms with E-state index in [9.17, 15) is 5.11 Å². The molecule has 1 aliphatic heterocycles. The topological polar surface area (TPSA) is 32.7 Å². The molecule has 1 N–H and O–H groups in total. The lowest BCUT2D eigenvalue weighted by molar-refractivity contribution is -0.0978. The van der Waals surface area contributed by atoms with Crippen LogP contribution in [-0.2, 0) is 4.74 Å². The van der Waals surface area contributed by atoms with Gasteiger partial charge in [0.15, 0.2) is 0 Å². The predicted octanol–water partition coefficient (Wildman–Crippen LogP) is 2.43. The van der Waals surface area contributed by atoms with Crippen LogP contribution in [0, 0.1) is 5.92 Å². The van der Waals surface area contributed by atoms with E-state index in [0.717, 1.165) is 45.7 Å². The zero-order chi connectivity index (χ0) is 12.8. The first-order valence-electron chi connectivity index (χ1n) is 7.77. The molecule has 0 amide bonds. The van der Waals surface area contributed by atoms with Gasteiger partial charge < -0.3 is 14.7 Å². The average Bonchev–Trinajstić information content (AvgIpc) is 2.38. The molecule has 0 radical (unpaired) electrons. The fraction of sp³-hybridized carbons (Fsp3) is 1.00. The van der Waals surface area contributed by atoms with E-state index in [2.05, 4.69) is 11.8 Å². The highest BCUT2D eigenvalue weighted by Crippen LogP contribution is 2.39. The lowest BCUT2D eigenvalue weighted by Crippen LogP contribution is -2.53. The summed E-state index contributed by atoms with van der Waals surface area (Å²) < 4.78 is 5.63. The number of hydrogen-bond donors (Lipinski definition) is 1. The summed E-state index contributed by atoms with van der Waals surface area (Å²) in [5.74, 6) is 0.510. The standard InChI is InChI=1S/C15H29NO2/c1-2-3-11-18-12-10-16-9-8-15(17)7-5-4-6-14(15)13-16/h14,17H,2-13H2,1H3. The van der Waals surface area contributed by atoms with Crippen LogP contribution in [-0.4, -0.2) is 48.5 Å². The number of nitrogens with zero attached hydrogens (tertiary/aromatic N) is 1. The highest BCUT2D eigenvalue weighted by atomic mass is 16.5. The van der Waals surface area contributed by atoms with E-state index in [4.69, 9.17) is 4.74 Å². The third-order valence-electron chi connectivity index (χ3n) is 4.71. The molecule has 2 rings (SSSR count). The first-order valence-corrected chi connectivity index (χ1v) is 7.77.